The number of amides is 1. The lowest BCUT2D eigenvalue weighted by atomic mass is 10.1. The fourth-order valence-corrected chi connectivity index (χ4v) is 3.30. The van der Waals surface area contributed by atoms with E-state index in [9.17, 15) is 20.2 Å². The lowest BCUT2D eigenvalue weighted by molar-refractivity contribution is -0.385. The van der Waals surface area contributed by atoms with Crippen molar-refractivity contribution in [3.63, 3.8) is 0 Å². The summed E-state index contributed by atoms with van der Waals surface area (Å²) in [5, 5.41) is 22.9. The number of nitrogens with one attached hydrogen (secondary N) is 1. The lowest BCUT2D eigenvalue weighted by Crippen LogP contribution is -2.30. The summed E-state index contributed by atoms with van der Waals surface area (Å²) in [5.74, 6) is 0.372. The Bertz CT molecular complexity index is 1250. The standard InChI is InChI=1S/C24H23N5O4/c1-15(2)27-24(30)19(13-25)12-18-11-16(3)28(17(18)4)20-5-8-22(9-6-20)33-23-10-7-21(14-26-23)29(31)32/h5-12,14-15H,1-4H3,(H,27,30)/b19-12-. The van der Waals surface area contributed by atoms with Gasteiger partial charge < -0.3 is 14.6 Å². The van der Waals surface area contributed by atoms with Gasteiger partial charge in [-0.2, -0.15) is 5.26 Å². The van der Waals surface area contributed by atoms with Gasteiger partial charge in [-0.3, -0.25) is 14.9 Å². The van der Waals surface area contributed by atoms with Gasteiger partial charge in [-0.15, -0.1) is 0 Å². The van der Waals surface area contributed by atoms with E-state index in [-0.39, 0.29) is 23.2 Å². The SMILES string of the molecule is Cc1cc(/C=C(/C#N)C(=O)NC(C)C)c(C)n1-c1ccc(Oc2ccc([N+](=O)[O-])cn2)cc1. The van der Waals surface area contributed by atoms with Crippen LogP contribution in [0, 0.1) is 35.3 Å². The van der Waals surface area contributed by atoms with E-state index in [4.69, 9.17) is 4.74 Å². The number of carbonyl (C=O) groups excluding carboxylic acids is 1. The first-order valence-electron chi connectivity index (χ1n) is 10.2. The molecule has 2 aromatic heterocycles. The highest BCUT2D eigenvalue weighted by molar-refractivity contribution is 6.02. The number of pyridine rings is 1. The molecule has 0 spiro atoms. The van der Waals surface area contributed by atoms with Crippen LogP contribution in [0.1, 0.15) is 30.8 Å². The van der Waals surface area contributed by atoms with Crippen LogP contribution in [0.25, 0.3) is 11.8 Å². The Morgan fingerprint density at radius 2 is 1.94 bits per heavy atom. The Balaban J connectivity index is 1.83. The second kappa shape index (κ2) is 9.78. The highest BCUT2D eigenvalue weighted by atomic mass is 16.6. The molecule has 1 amide bonds. The second-order valence-corrected chi connectivity index (χ2v) is 7.67. The first-order valence-corrected chi connectivity index (χ1v) is 10.2. The Kier molecular flexibility index (Phi) is 6.88. The number of nitrogens with zero attached hydrogens (tertiary/aromatic N) is 4. The third-order valence-corrected chi connectivity index (χ3v) is 4.80. The number of hydrogen-bond donors (Lipinski definition) is 1. The molecule has 0 saturated heterocycles. The monoisotopic (exact) mass is 445 g/mol. The van der Waals surface area contributed by atoms with Gasteiger partial charge in [-0.1, -0.05) is 0 Å². The molecular formula is C24H23N5O4. The summed E-state index contributed by atoms with van der Waals surface area (Å²) in [6, 6.07) is 13.9. The van der Waals surface area contributed by atoms with Gasteiger partial charge in [0.05, 0.1) is 4.92 Å². The van der Waals surface area contributed by atoms with Gasteiger partial charge >= 0.3 is 0 Å². The van der Waals surface area contributed by atoms with Gasteiger partial charge in [0, 0.05) is 35.2 Å². The second-order valence-electron chi connectivity index (χ2n) is 7.67. The molecule has 33 heavy (non-hydrogen) atoms. The molecule has 2 heterocycles. The van der Waals surface area contributed by atoms with E-state index in [2.05, 4.69) is 10.3 Å². The topological polar surface area (TPSA) is 123 Å². The molecule has 3 aromatic rings. The van der Waals surface area contributed by atoms with E-state index in [1.54, 1.807) is 18.2 Å². The van der Waals surface area contributed by atoms with Crippen LogP contribution in [-0.4, -0.2) is 26.4 Å². The van der Waals surface area contributed by atoms with Crippen molar-refractivity contribution in [2.45, 2.75) is 33.7 Å². The minimum atomic E-state index is -0.521. The molecular weight excluding hydrogens is 422 g/mol. The predicted octanol–water partition coefficient (Wildman–Crippen LogP) is 4.62. The molecule has 168 valence electrons. The molecule has 0 bridgehead atoms. The van der Waals surface area contributed by atoms with Crippen molar-refractivity contribution in [2.24, 2.45) is 0 Å². The minimum Gasteiger partial charge on any atom is -0.439 e. The van der Waals surface area contributed by atoms with Crippen LogP contribution in [0.2, 0.25) is 0 Å². The zero-order chi connectivity index (χ0) is 24.1. The van der Waals surface area contributed by atoms with E-state index in [1.165, 1.54) is 12.1 Å². The molecule has 0 unspecified atom stereocenters. The van der Waals surface area contributed by atoms with Crippen molar-refractivity contribution in [2.75, 3.05) is 0 Å². The van der Waals surface area contributed by atoms with Crippen LogP contribution in [0.4, 0.5) is 5.69 Å². The molecule has 1 N–H and O–H groups in total. The highest BCUT2D eigenvalue weighted by Crippen LogP contribution is 2.26. The number of ether oxygens (including phenoxy) is 1. The number of rotatable bonds is 7. The molecule has 0 aliphatic carbocycles. The van der Waals surface area contributed by atoms with Gasteiger partial charge in [0.15, 0.2) is 0 Å². The highest BCUT2D eigenvalue weighted by Gasteiger charge is 2.14. The maximum atomic E-state index is 12.2. The number of benzene rings is 1. The van der Waals surface area contributed by atoms with Crippen molar-refractivity contribution in [1.29, 1.82) is 5.26 Å². The van der Waals surface area contributed by atoms with E-state index in [0.29, 0.717) is 5.75 Å². The molecule has 0 aliphatic heterocycles. The average Bonchev–Trinajstić information content (AvgIpc) is 3.05. The van der Waals surface area contributed by atoms with Crippen molar-refractivity contribution in [3.8, 4) is 23.4 Å². The van der Waals surface area contributed by atoms with Gasteiger partial charge in [-0.05, 0) is 69.7 Å². The van der Waals surface area contributed by atoms with Crippen molar-refractivity contribution >= 4 is 17.7 Å². The zero-order valence-corrected chi connectivity index (χ0v) is 18.7. The largest absolute Gasteiger partial charge is 0.439 e. The Labute approximate surface area is 191 Å². The van der Waals surface area contributed by atoms with E-state index in [0.717, 1.165) is 28.8 Å². The molecule has 1 aromatic carbocycles. The zero-order valence-electron chi connectivity index (χ0n) is 18.7. The van der Waals surface area contributed by atoms with Crippen LogP contribution in [-0.2, 0) is 4.79 Å². The summed E-state index contributed by atoms with van der Waals surface area (Å²) in [7, 11) is 0. The number of hydrogen-bond acceptors (Lipinski definition) is 6. The van der Waals surface area contributed by atoms with Crippen LogP contribution < -0.4 is 10.1 Å². The van der Waals surface area contributed by atoms with Crippen LogP contribution >= 0.6 is 0 Å². The number of nitro groups is 1. The van der Waals surface area contributed by atoms with Gasteiger partial charge in [0.2, 0.25) is 5.88 Å². The van der Waals surface area contributed by atoms with E-state index >= 15 is 0 Å². The maximum absolute atomic E-state index is 12.2. The maximum Gasteiger partial charge on any atom is 0.287 e. The fraction of sp³-hybridized carbons (Fsp3) is 0.208. The van der Waals surface area contributed by atoms with Crippen molar-refractivity contribution < 1.29 is 14.5 Å². The molecule has 0 radical (unpaired) electrons. The summed E-state index contributed by atoms with van der Waals surface area (Å²) in [4.78, 5) is 26.4. The first kappa shape index (κ1) is 23.2. The first-order chi connectivity index (χ1) is 15.7. The quantitative estimate of drug-likeness (QED) is 0.245. The third-order valence-electron chi connectivity index (χ3n) is 4.80. The van der Waals surface area contributed by atoms with Gasteiger partial charge in [0.25, 0.3) is 11.6 Å². The molecule has 0 aliphatic rings. The van der Waals surface area contributed by atoms with E-state index in [1.807, 2.05) is 56.5 Å². The summed E-state index contributed by atoms with van der Waals surface area (Å²) in [6.07, 6.45) is 2.73. The average molecular weight is 445 g/mol. The Morgan fingerprint density at radius 3 is 2.48 bits per heavy atom. The molecule has 0 atom stereocenters. The number of aryl methyl sites for hydroxylation is 1. The van der Waals surface area contributed by atoms with Crippen LogP contribution in [0.3, 0.4) is 0 Å². The van der Waals surface area contributed by atoms with E-state index < -0.39 is 10.8 Å². The summed E-state index contributed by atoms with van der Waals surface area (Å²) in [6.45, 7) is 7.53. The number of nitriles is 1. The summed E-state index contributed by atoms with van der Waals surface area (Å²) >= 11 is 0. The van der Waals surface area contributed by atoms with Gasteiger partial charge in [-0.25, -0.2) is 4.98 Å². The fourth-order valence-electron chi connectivity index (χ4n) is 3.30. The molecule has 0 fully saturated rings. The summed E-state index contributed by atoms with van der Waals surface area (Å²) in [5.41, 5.74) is 3.40. The minimum absolute atomic E-state index is 0.0447. The lowest BCUT2D eigenvalue weighted by Gasteiger charge is -2.11. The number of aromatic nitrogens is 2. The Hall–Kier alpha value is -4.45. The van der Waals surface area contributed by atoms with Crippen LogP contribution in [0.5, 0.6) is 11.6 Å². The third kappa shape index (κ3) is 5.43. The molecule has 9 nitrogen and oxygen atoms in total. The molecule has 9 heteroatoms. The van der Waals surface area contributed by atoms with Crippen molar-refractivity contribution in [3.05, 3.63) is 81.3 Å². The number of carbonyl (C=O) groups is 1. The molecule has 0 saturated carbocycles. The van der Waals surface area contributed by atoms with Crippen molar-refractivity contribution in [1.82, 2.24) is 14.9 Å². The van der Waals surface area contributed by atoms with Gasteiger partial charge in [0.1, 0.15) is 23.6 Å². The molecule has 3 rings (SSSR count). The normalized spacial score (nSPS) is 11.2. The Morgan fingerprint density at radius 1 is 1.24 bits per heavy atom. The smallest absolute Gasteiger partial charge is 0.287 e. The van der Waals surface area contributed by atoms with Crippen LogP contribution in [0.15, 0.2) is 54.2 Å². The summed E-state index contributed by atoms with van der Waals surface area (Å²) < 4.78 is 7.67. The predicted molar refractivity (Wildman–Crippen MR) is 123 cm³/mol.